The molecule has 0 radical (unpaired) electrons. The van der Waals surface area contributed by atoms with Crippen LogP contribution in [0.15, 0.2) is 29.3 Å². The Morgan fingerprint density at radius 3 is 2.56 bits per heavy atom. The van der Waals surface area contributed by atoms with Gasteiger partial charge < -0.3 is 16.4 Å². The molecule has 3 rings (SSSR count). The summed E-state index contributed by atoms with van der Waals surface area (Å²) in [6.45, 7) is 3.83. The first kappa shape index (κ1) is 23.5. The van der Waals surface area contributed by atoms with Crippen molar-refractivity contribution in [3.05, 3.63) is 52.3 Å². The Morgan fingerprint density at radius 1 is 1.31 bits per heavy atom. The summed E-state index contributed by atoms with van der Waals surface area (Å²) in [5, 5.41) is 19.3. The minimum atomic E-state index is -0.862. The molecule has 0 spiro atoms. The number of hydrogen-bond donors (Lipinski definition) is 2. The molecule has 2 atom stereocenters. The van der Waals surface area contributed by atoms with Crippen molar-refractivity contribution in [1.82, 2.24) is 4.98 Å². The minimum absolute atomic E-state index is 0.263. The molecule has 0 bridgehead atoms. The number of pyridine rings is 1. The Balaban J connectivity index is 2.12. The van der Waals surface area contributed by atoms with Crippen molar-refractivity contribution in [3.8, 4) is 12.1 Å². The highest BCUT2D eigenvalue weighted by atomic mass is 32.2. The van der Waals surface area contributed by atoms with E-state index < -0.39 is 17.0 Å². The number of nitrogens with zero attached hydrogens (tertiary/aromatic N) is 4. The lowest BCUT2D eigenvalue weighted by atomic mass is 9.96. The molecule has 2 unspecified atom stereocenters. The van der Waals surface area contributed by atoms with Gasteiger partial charge >= 0.3 is 0 Å². The Kier molecular flexibility index (Phi) is 7.68. The summed E-state index contributed by atoms with van der Waals surface area (Å²) in [5.41, 5.74) is 13.3. The predicted octanol–water partition coefficient (Wildman–Crippen LogP) is 3.02. The average molecular weight is 453 g/mol. The molecule has 1 aliphatic rings. The summed E-state index contributed by atoms with van der Waals surface area (Å²) < 4.78 is 13.4. The number of aromatic nitrogens is 1. The van der Waals surface area contributed by atoms with E-state index in [-0.39, 0.29) is 5.56 Å². The van der Waals surface area contributed by atoms with Crippen LogP contribution in [0, 0.1) is 34.4 Å². The molecule has 1 aromatic heterocycles. The lowest BCUT2D eigenvalue weighted by Crippen LogP contribution is -2.39. The van der Waals surface area contributed by atoms with Crippen LogP contribution < -0.4 is 16.4 Å². The van der Waals surface area contributed by atoms with Crippen LogP contribution in [0.3, 0.4) is 0 Å². The highest BCUT2D eigenvalue weighted by Crippen LogP contribution is 2.40. The number of carbonyl (C=O) groups is 1. The number of anilines is 1. The largest absolute Gasteiger partial charge is 0.368 e. The van der Waals surface area contributed by atoms with Crippen molar-refractivity contribution in [3.63, 3.8) is 0 Å². The standard InChI is InChI=1S/C23H25FN6OS/c1-2-17-18(11-26)22(30-9-3-4-14(10-25)13-30)29-23(19(17)12-27)32-20(21(28)31)15-5-7-16(24)8-6-15/h5-8,14,20H,2-4,9-10,13,25H2,1H3,(H2,28,31). The highest BCUT2D eigenvalue weighted by molar-refractivity contribution is 8.00. The zero-order valence-electron chi connectivity index (χ0n) is 17.8. The summed E-state index contributed by atoms with van der Waals surface area (Å²) in [5.74, 6) is -0.249. The van der Waals surface area contributed by atoms with Crippen molar-refractivity contribution < 1.29 is 9.18 Å². The van der Waals surface area contributed by atoms with Crippen LogP contribution in [0.5, 0.6) is 0 Å². The molecule has 2 heterocycles. The number of piperidine rings is 1. The molecule has 4 N–H and O–H groups in total. The number of benzene rings is 1. The van der Waals surface area contributed by atoms with Crippen LogP contribution in [0.25, 0.3) is 0 Å². The number of hydrogen-bond acceptors (Lipinski definition) is 7. The first-order valence-electron chi connectivity index (χ1n) is 10.5. The molecule has 32 heavy (non-hydrogen) atoms. The third-order valence-electron chi connectivity index (χ3n) is 5.64. The van der Waals surface area contributed by atoms with Gasteiger partial charge in [-0.25, -0.2) is 9.37 Å². The van der Waals surface area contributed by atoms with Gasteiger partial charge in [0.15, 0.2) is 0 Å². The Hall–Kier alpha value is -3.14. The molecule has 0 saturated carbocycles. The second kappa shape index (κ2) is 10.4. The summed E-state index contributed by atoms with van der Waals surface area (Å²) >= 11 is 1.05. The van der Waals surface area contributed by atoms with Crippen LogP contribution in [0.1, 0.15) is 47.3 Å². The number of halogens is 1. The summed E-state index contributed by atoms with van der Waals surface area (Å²) in [6.07, 6.45) is 2.40. The predicted molar refractivity (Wildman–Crippen MR) is 121 cm³/mol. The Labute approximate surface area is 191 Å². The number of carbonyl (C=O) groups excluding carboxylic acids is 1. The smallest absolute Gasteiger partial charge is 0.235 e. The average Bonchev–Trinajstić information content (AvgIpc) is 2.81. The highest BCUT2D eigenvalue weighted by Gasteiger charge is 2.29. The lowest BCUT2D eigenvalue weighted by molar-refractivity contribution is -0.117. The molecule has 9 heteroatoms. The second-order valence-electron chi connectivity index (χ2n) is 7.69. The number of primary amides is 1. The normalized spacial score (nSPS) is 16.8. The topological polar surface area (TPSA) is 133 Å². The summed E-state index contributed by atoms with van der Waals surface area (Å²) in [6, 6.07) is 9.89. The van der Waals surface area contributed by atoms with E-state index >= 15 is 0 Å². The van der Waals surface area contributed by atoms with Gasteiger partial charge in [0.1, 0.15) is 34.0 Å². The molecule has 1 aromatic carbocycles. The van der Waals surface area contributed by atoms with Crippen LogP contribution >= 0.6 is 11.8 Å². The van der Waals surface area contributed by atoms with Crippen molar-refractivity contribution in [2.75, 3.05) is 24.5 Å². The SMILES string of the molecule is CCc1c(C#N)c(SC(C(N)=O)c2ccc(F)cc2)nc(N2CCCC(CN)C2)c1C#N. The molecule has 1 aliphatic heterocycles. The molecule has 2 aromatic rings. The fraction of sp³-hybridized carbons (Fsp3) is 0.391. The maximum atomic E-state index is 13.4. The quantitative estimate of drug-likeness (QED) is 0.617. The molecule has 7 nitrogen and oxygen atoms in total. The van der Waals surface area contributed by atoms with E-state index in [1.807, 2.05) is 11.8 Å². The molecule has 1 fully saturated rings. The first-order valence-corrected chi connectivity index (χ1v) is 11.3. The van der Waals surface area contributed by atoms with Gasteiger partial charge in [-0.3, -0.25) is 4.79 Å². The maximum Gasteiger partial charge on any atom is 0.235 e. The summed E-state index contributed by atoms with van der Waals surface area (Å²) in [4.78, 5) is 19.0. The molecular formula is C23H25FN6OS. The molecule has 166 valence electrons. The van der Waals surface area contributed by atoms with Crippen molar-refractivity contribution in [2.45, 2.75) is 36.5 Å². The fourth-order valence-electron chi connectivity index (χ4n) is 3.99. The lowest BCUT2D eigenvalue weighted by Gasteiger charge is -2.34. The molecule has 0 aliphatic carbocycles. The minimum Gasteiger partial charge on any atom is -0.368 e. The number of amides is 1. The van der Waals surface area contributed by atoms with E-state index in [0.29, 0.717) is 53.0 Å². The molecule has 1 amide bonds. The molecular weight excluding hydrogens is 427 g/mol. The van der Waals surface area contributed by atoms with E-state index in [0.717, 1.165) is 31.1 Å². The maximum absolute atomic E-state index is 13.4. The van der Waals surface area contributed by atoms with E-state index in [1.54, 1.807) is 0 Å². The van der Waals surface area contributed by atoms with Gasteiger partial charge in [-0.1, -0.05) is 30.8 Å². The third kappa shape index (κ3) is 4.85. The van der Waals surface area contributed by atoms with Gasteiger partial charge in [0, 0.05) is 13.1 Å². The Bertz CT molecular complexity index is 1080. The number of thioether (sulfide) groups is 1. The van der Waals surface area contributed by atoms with E-state index in [4.69, 9.17) is 16.5 Å². The van der Waals surface area contributed by atoms with Crippen LogP contribution in [0.4, 0.5) is 10.2 Å². The van der Waals surface area contributed by atoms with Crippen LogP contribution in [0.2, 0.25) is 0 Å². The number of nitriles is 2. The zero-order chi connectivity index (χ0) is 23.3. The second-order valence-corrected chi connectivity index (χ2v) is 8.78. The van der Waals surface area contributed by atoms with E-state index in [2.05, 4.69) is 12.1 Å². The zero-order valence-corrected chi connectivity index (χ0v) is 18.7. The number of nitrogens with two attached hydrogens (primary N) is 2. The fourth-order valence-corrected chi connectivity index (χ4v) is 5.05. The number of rotatable bonds is 7. The van der Waals surface area contributed by atoms with Gasteiger partial charge in [-0.2, -0.15) is 10.5 Å². The van der Waals surface area contributed by atoms with Crippen molar-refractivity contribution >= 4 is 23.5 Å². The van der Waals surface area contributed by atoms with Gasteiger partial charge in [-0.15, -0.1) is 0 Å². The molecule has 1 saturated heterocycles. The van der Waals surface area contributed by atoms with Crippen LogP contribution in [-0.4, -0.2) is 30.5 Å². The van der Waals surface area contributed by atoms with Gasteiger partial charge in [0.25, 0.3) is 0 Å². The van der Waals surface area contributed by atoms with E-state index in [9.17, 15) is 19.7 Å². The van der Waals surface area contributed by atoms with Crippen molar-refractivity contribution in [1.29, 1.82) is 10.5 Å². The van der Waals surface area contributed by atoms with Gasteiger partial charge in [0.05, 0.1) is 11.1 Å². The van der Waals surface area contributed by atoms with E-state index in [1.165, 1.54) is 24.3 Å². The monoisotopic (exact) mass is 452 g/mol. The Morgan fingerprint density at radius 2 is 2.00 bits per heavy atom. The first-order chi connectivity index (χ1) is 15.4. The summed E-state index contributed by atoms with van der Waals surface area (Å²) in [7, 11) is 0. The third-order valence-corrected chi connectivity index (χ3v) is 6.90. The van der Waals surface area contributed by atoms with Gasteiger partial charge in [0.2, 0.25) is 5.91 Å². The van der Waals surface area contributed by atoms with Crippen LogP contribution in [-0.2, 0) is 11.2 Å². The van der Waals surface area contributed by atoms with Gasteiger partial charge in [-0.05, 0) is 55.0 Å². The van der Waals surface area contributed by atoms with Crippen molar-refractivity contribution in [2.24, 2.45) is 17.4 Å².